The molecule has 5 nitrogen and oxygen atoms in total. The first-order chi connectivity index (χ1) is 11.0. The first-order valence-corrected chi connectivity index (χ1v) is 8.14. The molecule has 3 rings (SSSR count). The number of thiophene rings is 1. The molecule has 2 heterocycles. The quantitative estimate of drug-likeness (QED) is 0.770. The van der Waals surface area contributed by atoms with Crippen LogP contribution < -0.4 is 11.1 Å². The molecule has 0 spiro atoms. The highest BCUT2D eigenvalue weighted by Gasteiger charge is 2.13. The lowest BCUT2D eigenvalue weighted by molar-refractivity contribution is 0.100. The molecule has 0 saturated heterocycles. The fourth-order valence-corrected chi connectivity index (χ4v) is 3.53. The van der Waals surface area contributed by atoms with Gasteiger partial charge in [-0.1, -0.05) is 12.1 Å². The highest BCUT2D eigenvalue weighted by Crippen LogP contribution is 2.33. The van der Waals surface area contributed by atoms with Crippen LogP contribution in [0.4, 0.5) is 5.82 Å². The highest BCUT2D eigenvalue weighted by atomic mass is 32.1. The zero-order chi connectivity index (χ0) is 16.6. The van der Waals surface area contributed by atoms with Gasteiger partial charge in [0, 0.05) is 17.0 Å². The molecule has 118 valence electrons. The average Bonchev–Trinajstić information content (AvgIpc) is 2.79. The molecule has 0 aliphatic rings. The van der Waals surface area contributed by atoms with Crippen molar-refractivity contribution < 1.29 is 4.79 Å². The molecule has 3 N–H and O–H groups in total. The number of aromatic nitrogens is 2. The van der Waals surface area contributed by atoms with Crippen LogP contribution in [0.2, 0.25) is 0 Å². The highest BCUT2D eigenvalue weighted by molar-refractivity contribution is 7.18. The van der Waals surface area contributed by atoms with Gasteiger partial charge >= 0.3 is 0 Å². The Bertz CT molecular complexity index is 884. The predicted octanol–water partition coefficient (Wildman–Crippen LogP) is 3.33. The number of rotatable bonds is 4. The summed E-state index contributed by atoms with van der Waals surface area (Å²) >= 11 is 1.69. The number of anilines is 1. The van der Waals surface area contributed by atoms with E-state index in [4.69, 9.17) is 5.73 Å². The van der Waals surface area contributed by atoms with Crippen LogP contribution >= 0.6 is 11.3 Å². The molecule has 0 saturated carbocycles. The molecule has 6 heteroatoms. The van der Waals surface area contributed by atoms with Crippen molar-refractivity contribution in [1.82, 2.24) is 9.97 Å². The Labute approximate surface area is 138 Å². The Morgan fingerprint density at radius 3 is 2.52 bits per heavy atom. The van der Waals surface area contributed by atoms with E-state index in [0.717, 1.165) is 27.4 Å². The van der Waals surface area contributed by atoms with E-state index in [9.17, 15) is 4.79 Å². The van der Waals surface area contributed by atoms with Gasteiger partial charge in [0.05, 0.1) is 5.39 Å². The van der Waals surface area contributed by atoms with Crippen LogP contribution in [-0.4, -0.2) is 15.9 Å². The third-order valence-corrected chi connectivity index (χ3v) is 4.94. The Morgan fingerprint density at radius 2 is 1.87 bits per heavy atom. The summed E-state index contributed by atoms with van der Waals surface area (Å²) in [5.74, 6) is 1.20. The van der Waals surface area contributed by atoms with Crippen LogP contribution in [0.1, 0.15) is 32.2 Å². The lowest BCUT2D eigenvalue weighted by Crippen LogP contribution is -2.11. The largest absolute Gasteiger partial charge is 0.366 e. The van der Waals surface area contributed by atoms with Crippen molar-refractivity contribution in [3.63, 3.8) is 0 Å². The Kier molecular flexibility index (Phi) is 4.00. The number of nitrogens with zero attached hydrogens (tertiary/aromatic N) is 2. The molecular weight excluding hydrogens is 308 g/mol. The number of carbonyl (C=O) groups excluding carboxylic acids is 1. The molecule has 1 aromatic carbocycles. The molecule has 0 bridgehead atoms. The fourth-order valence-electron chi connectivity index (χ4n) is 2.46. The summed E-state index contributed by atoms with van der Waals surface area (Å²) in [6.45, 7) is 6.72. The van der Waals surface area contributed by atoms with Gasteiger partial charge in [0.25, 0.3) is 0 Å². The van der Waals surface area contributed by atoms with Crippen LogP contribution in [0.25, 0.3) is 10.2 Å². The van der Waals surface area contributed by atoms with Crippen molar-refractivity contribution in [2.24, 2.45) is 5.73 Å². The Morgan fingerprint density at radius 1 is 1.17 bits per heavy atom. The van der Waals surface area contributed by atoms with Gasteiger partial charge in [0.1, 0.15) is 16.5 Å². The lowest BCUT2D eigenvalue weighted by Gasteiger charge is -2.09. The third kappa shape index (κ3) is 3.03. The van der Waals surface area contributed by atoms with Crippen molar-refractivity contribution in [2.75, 3.05) is 5.32 Å². The van der Waals surface area contributed by atoms with E-state index in [2.05, 4.69) is 29.1 Å². The number of benzene rings is 1. The zero-order valence-corrected chi connectivity index (χ0v) is 14.1. The van der Waals surface area contributed by atoms with Crippen LogP contribution in [0.3, 0.4) is 0 Å². The number of amides is 1. The van der Waals surface area contributed by atoms with Gasteiger partial charge in [-0.15, -0.1) is 11.3 Å². The lowest BCUT2D eigenvalue weighted by atomic mass is 10.1. The predicted molar refractivity (Wildman–Crippen MR) is 93.9 cm³/mol. The molecule has 0 fully saturated rings. The Hall–Kier alpha value is -2.47. The van der Waals surface area contributed by atoms with E-state index < -0.39 is 5.91 Å². The average molecular weight is 326 g/mol. The van der Waals surface area contributed by atoms with Gasteiger partial charge in [-0.25, -0.2) is 9.97 Å². The minimum Gasteiger partial charge on any atom is -0.366 e. The van der Waals surface area contributed by atoms with Gasteiger partial charge in [0.2, 0.25) is 5.91 Å². The van der Waals surface area contributed by atoms with Crippen molar-refractivity contribution in [3.05, 3.63) is 51.7 Å². The third-order valence-electron chi connectivity index (χ3n) is 3.84. The molecule has 0 aliphatic carbocycles. The number of carbonyl (C=O) groups is 1. The smallest absolute Gasteiger partial charge is 0.248 e. The van der Waals surface area contributed by atoms with E-state index in [1.807, 2.05) is 19.1 Å². The number of fused-ring (bicyclic) bond motifs is 1. The standard InChI is InChI=1S/C17H18N4OS/c1-9-10(2)23-17-14(9)16(20-11(3)21-17)19-8-12-4-6-13(7-5-12)15(18)22/h4-7H,8H2,1-3H3,(H2,18,22)(H,19,20,21). The topological polar surface area (TPSA) is 80.9 Å². The van der Waals surface area contributed by atoms with Crippen LogP contribution in [0.15, 0.2) is 24.3 Å². The molecule has 2 aromatic heterocycles. The summed E-state index contributed by atoms with van der Waals surface area (Å²) in [7, 11) is 0. The normalized spacial score (nSPS) is 10.9. The van der Waals surface area contributed by atoms with Crippen molar-refractivity contribution in [3.8, 4) is 0 Å². The summed E-state index contributed by atoms with van der Waals surface area (Å²) in [5, 5.41) is 4.48. The SMILES string of the molecule is Cc1nc(NCc2ccc(C(N)=O)cc2)c2c(C)c(C)sc2n1. The summed E-state index contributed by atoms with van der Waals surface area (Å²) in [4.78, 5) is 22.4. The molecule has 1 amide bonds. The van der Waals surface area contributed by atoms with Gasteiger partial charge in [-0.3, -0.25) is 4.79 Å². The first kappa shape index (κ1) is 15.4. The van der Waals surface area contributed by atoms with Gasteiger partial charge in [0.15, 0.2) is 0 Å². The zero-order valence-electron chi connectivity index (χ0n) is 13.3. The van der Waals surface area contributed by atoms with E-state index in [0.29, 0.717) is 12.1 Å². The summed E-state index contributed by atoms with van der Waals surface area (Å²) in [5.41, 5.74) is 8.05. The van der Waals surface area contributed by atoms with Crippen molar-refractivity contribution in [2.45, 2.75) is 27.3 Å². The number of nitrogens with two attached hydrogens (primary N) is 1. The van der Waals surface area contributed by atoms with Crippen molar-refractivity contribution >= 4 is 33.3 Å². The molecular formula is C17H18N4OS. The second-order valence-corrected chi connectivity index (χ2v) is 6.70. The van der Waals surface area contributed by atoms with Crippen molar-refractivity contribution in [1.29, 1.82) is 0 Å². The second kappa shape index (κ2) is 5.96. The molecule has 0 unspecified atom stereocenters. The number of hydrogen-bond acceptors (Lipinski definition) is 5. The maximum absolute atomic E-state index is 11.1. The Balaban J connectivity index is 1.88. The number of primary amides is 1. The van der Waals surface area contributed by atoms with E-state index in [-0.39, 0.29) is 0 Å². The van der Waals surface area contributed by atoms with Gasteiger partial charge < -0.3 is 11.1 Å². The number of aryl methyl sites for hydroxylation is 3. The van der Waals surface area contributed by atoms with E-state index in [1.54, 1.807) is 23.5 Å². The first-order valence-electron chi connectivity index (χ1n) is 7.32. The molecule has 3 aromatic rings. The summed E-state index contributed by atoms with van der Waals surface area (Å²) in [6, 6.07) is 7.26. The summed E-state index contributed by atoms with van der Waals surface area (Å²) < 4.78 is 0. The van der Waals surface area contributed by atoms with Crippen LogP contribution in [0.5, 0.6) is 0 Å². The number of hydrogen-bond donors (Lipinski definition) is 2. The maximum Gasteiger partial charge on any atom is 0.248 e. The molecule has 23 heavy (non-hydrogen) atoms. The van der Waals surface area contributed by atoms with Gasteiger partial charge in [-0.2, -0.15) is 0 Å². The van der Waals surface area contributed by atoms with E-state index >= 15 is 0 Å². The molecule has 0 aliphatic heterocycles. The van der Waals surface area contributed by atoms with Gasteiger partial charge in [-0.05, 0) is 44.0 Å². The van der Waals surface area contributed by atoms with Crippen LogP contribution in [0, 0.1) is 20.8 Å². The van der Waals surface area contributed by atoms with Crippen LogP contribution in [-0.2, 0) is 6.54 Å². The summed E-state index contributed by atoms with van der Waals surface area (Å²) in [6.07, 6.45) is 0. The second-order valence-electron chi connectivity index (χ2n) is 5.50. The number of nitrogens with one attached hydrogen (secondary N) is 1. The minimum absolute atomic E-state index is 0.415. The molecule has 0 radical (unpaired) electrons. The fraction of sp³-hybridized carbons (Fsp3) is 0.235. The van der Waals surface area contributed by atoms with E-state index in [1.165, 1.54) is 10.4 Å². The monoisotopic (exact) mass is 326 g/mol. The minimum atomic E-state index is -0.415. The molecule has 0 atom stereocenters. The maximum atomic E-state index is 11.1.